The first-order valence-corrected chi connectivity index (χ1v) is 8.61. The summed E-state index contributed by atoms with van der Waals surface area (Å²) in [5.41, 5.74) is 12.2. The molecule has 24 heavy (non-hydrogen) atoms. The van der Waals surface area contributed by atoms with Crippen LogP contribution in [0, 0.1) is 6.92 Å². The molecule has 0 unspecified atom stereocenters. The minimum Gasteiger partial charge on any atom is -0.399 e. The second kappa shape index (κ2) is 7.05. The van der Waals surface area contributed by atoms with Crippen molar-refractivity contribution in [1.29, 1.82) is 0 Å². The van der Waals surface area contributed by atoms with Gasteiger partial charge in [-0.15, -0.1) is 0 Å². The van der Waals surface area contributed by atoms with Crippen molar-refractivity contribution >= 4 is 11.3 Å². The van der Waals surface area contributed by atoms with Crippen LogP contribution in [0.2, 0.25) is 0 Å². The third-order valence-electron chi connectivity index (χ3n) is 4.43. The molecule has 0 aliphatic rings. The Balaban J connectivity index is 2.08. The zero-order valence-corrected chi connectivity index (χ0v) is 14.8. The number of nitrogen functional groups attached to an aromatic ring is 1. The highest BCUT2D eigenvalue weighted by molar-refractivity contribution is 5.68. The molecule has 0 saturated heterocycles. The Labute approximate surface area is 143 Å². The van der Waals surface area contributed by atoms with Gasteiger partial charge in [-0.05, 0) is 51.2 Å². The van der Waals surface area contributed by atoms with Gasteiger partial charge in [-0.2, -0.15) is 0 Å². The highest BCUT2D eigenvalue weighted by Gasteiger charge is 2.16. The lowest BCUT2D eigenvalue weighted by Crippen LogP contribution is -2.20. The Morgan fingerprint density at radius 1 is 1.12 bits per heavy atom. The number of aromatic nitrogens is 2. The van der Waals surface area contributed by atoms with Gasteiger partial charge < -0.3 is 10.6 Å². The van der Waals surface area contributed by atoms with Crippen molar-refractivity contribution in [3.8, 4) is 11.3 Å². The minimum absolute atomic E-state index is 0.778. The third-order valence-corrected chi connectivity index (χ3v) is 4.43. The van der Waals surface area contributed by atoms with Gasteiger partial charge in [0, 0.05) is 23.5 Å². The van der Waals surface area contributed by atoms with Crippen molar-refractivity contribution in [2.75, 3.05) is 19.3 Å². The lowest BCUT2D eigenvalue weighted by Gasteiger charge is -2.17. The van der Waals surface area contributed by atoms with Crippen LogP contribution in [-0.4, -0.2) is 27.9 Å². The molecule has 0 amide bonds. The van der Waals surface area contributed by atoms with Gasteiger partial charge in [0.1, 0.15) is 5.65 Å². The zero-order chi connectivity index (χ0) is 17.1. The van der Waals surface area contributed by atoms with Crippen molar-refractivity contribution in [1.82, 2.24) is 14.3 Å². The van der Waals surface area contributed by atoms with Crippen molar-refractivity contribution < 1.29 is 0 Å². The number of fused-ring (bicyclic) bond motifs is 1. The summed E-state index contributed by atoms with van der Waals surface area (Å²) in [4.78, 5) is 7.28. The van der Waals surface area contributed by atoms with E-state index in [1.54, 1.807) is 0 Å². The van der Waals surface area contributed by atoms with Gasteiger partial charge >= 0.3 is 0 Å². The fourth-order valence-corrected chi connectivity index (χ4v) is 3.11. The Kier molecular flexibility index (Phi) is 4.86. The van der Waals surface area contributed by atoms with Crippen LogP contribution in [0.4, 0.5) is 5.69 Å². The molecule has 1 aromatic carbocycles. The van der Waals surface area contributed by atoms with Crippen LogP contribution >= 0.6 is 0 Å². The fraction of sp³-hybridized carbons (Fsp3) is 0.350. The van der Waals surface area contributed by atoms with Crippen molar-refractivity contribution in [2.45, 2.75) is 33.2 Å². The maximum absolute atomic E-state index is 5.84. The first-order chi connectivity index (χ1) is 11.6. The van der Waals surface area contributed by atoms with Crippen molar-refractivity contribution in [3.63, 3.8) is 0 Å². The van der Waals surface area contributed by atoms with E-state index in [4.69, 9.17) is 10.7 Å². The summed E-state index contributed by atoms with van der Waals surface area (Å²) < 4.78 is 2.27. The number of rotatable bonds is 6. The molecule has 0 aliphatic carbocycles. The predicted octanol–water partition coefficient (Wildman–Crippen LogP) is 4.12. The maximum Gasteiger partial charge on any atom is 0.137 e. The zero-order valence-electron chi connectivity index (χ0n) is 14.8. The molecule has 3 rings (SSSR count). The van der Waals surface area contributed by atoms with Crippen LogP contribution in [0.3, 0.4) is 0 Å². The van der Waals surface area contributed by atoms with E-state index in [0.717, 1.165) is 35.7 Å². The first kappa shape index (κ1) is 16.5. The van der Waals surface area contributed by atoms with Crippen molar-refractivity contribution in [2.24, 2.45) is 0 Å². The molecule has 0 aliphatic heterocycles. The summed E-state index contributed by atoms with van der Waals surface area (Å²) in [6, 6.07) is 14.3. The lowest BCUT2D eigenvalue weighted by atomic mass is 10.1. The molecule has 0 fully saturated rings. The van der Waals surface area contributed by atoms with Crippen LogP contribution in [0.15, 0.2) is 42.5 Å². The lowest BCUT2D eigenvalue weighted by molar-refractivity contribution is 0.316. The van der Waals surface area contributed by atoms with Crippen molar-refractivity contribution in [3.05, 3.63) is 53.9 Å². The Bertz CT molecular complexity index is 818. The fourth-order valence-electron chi connectivity index (χ4n) is 3.11. The molecule has 4 nitrogen and oxygen atoms in total. The molecule has 0 saturated carbocycles. The molecule has 0 radical (unpaired) electrons. The van der Waals surface area contributed by atoms with Gasteiger partial charge in [-0.3, -0.25) is 4.40 Å². The minimum atomic E-state index is 0.778. The number of hydrogen-bond donors (Lipinski definition) is 1. The molecule has 2 heterocycles. The van der Waals surface area contributed by atoms with E-state index in [1.165, 1.54) is 24.2 Å². The Morgan fingerprint density at radius 2 is 1.88 bits per heavy atom. The van der Waals surface area contributed by atoms with E-state index in [1.807, 2.05) is 12.1 Å². The summed E-state index contributed by atoms with van der Waals surface area (Å²) in [5, 5.41) is 0. The molecular formula is C20H26N4. The van der Waals surface area contributed by atoms with Gasteiger partial charge in [-0.1, -0.05) is 31.5 Å². The molecular weight excluding hydrogens is 296 g/mol. The second-order valence-electron chi connectivity index (χ2n) is 6.48. The molecule has 126 valence electrons. The number of nitrogens with zero attached hydrogens (tertiary/aromatic N) is 3. The molecule has 0 bridgehead atoms. The number of anilines is 1. The SMILES string of the molecule is CCCCN(C)Cc1c(-c2ccc(N)cc2)nc2cccc(C)n12. The quantitative estimate of drug-likeness (QED) is 0.694. The van der Waals surface area contributed by atoms with E-state index >= 15 is 0 Å². The van der Waals surface area contributed by atoms with Gasteiger partial charge in [0.2, 0.25) is 0 Å². The number of aryl methyl sites for hydroxylation is 1. The summed E-state index contributed by atoms with van der Waals surface area (Å²) >= 11 is 0. The Hall–Kier alpha value is -2.33. The molecule has 2 aromatic heterocycles. The molecule has 0 spiro atoms. The van der Waals surface area contributed by atoms with Crippen LogP contribution in [-0.2, 0) is 6.54 Å². The number of benzene rings is 1. The first-order valence-electron chi connectivity index (χ1n) is 8.61. The maximum atomic E-state index is 5.84. The topological polar surface area (TPSA) is 46.6 Å². The van der Waals surface area contributed by atoms with Crippen LogP contribution in [0.25, 0.3) is 16.9 Å². The van der Waals surface area contributed by atoms with Gasteiger partial charge in [0.15, 0.2) is 0 Å². The third kappa shape index (κ3) is 3.29. The van der Waals surface area contributed by atoms with E-state index in [-0.39, 0.29) is 0 Å². The molecule has 2 N–H and O–H groups in total. The molecule has 3 aromatic rings. The highest BCUT2D eigenvalue weighted by Crippen LogP contribution is 2.27. The largest absolute Gasteiger partial charge is 0.399 e. The van der Waals surface area contributed by atoms with Gasteiger partial charge in [0.25, 0.3) is 0 Å². The van der Waals surface area contributed by atoms with Crippen LogP contribution < -0.4 is 5.73 Å². The standard InChI is InChI=1S/C20H26N4/c1-4-5-13-23(3)14-18-20(16-9-11-17(21)12-10-16)22-19-8-6-7-15(2)24(18)19/h6-12H,4-5,13-14,21H2,1-3H3. The summed E-state index contributed by atoms with van der Waals surface area (Å²) in [5.74, 6) is 0. The monoisotopic (exact) mass is 322 g/mol. The van der Waals surface area contributed by atoms with Gasteiger partial charge in [-0.25, -0.2) is 4.98 Å². The average molecular weight is 322 g/mol. The Morgan fingerprint density at radius 3 is 2.58 bits per heavy atom. The predicted molar refractivity (Wildman–Crippen MR) is 101 cm³/mol. The number of hydrogen-bond acceptors (Lipinski definition) is 3. The van der Waals surface area contributed by atoms with E-state index in [9.17, 15) is 0 Å². The smallest absolute Gasteiger partial charge is 0.137 e. The average Bonchev–Trinajstić information content (AvgIpc) is 2.93. The number of nitrogens with two attached hydrogens (primary N) is 1. The second-order valence-corrected chi connectivity index (χ2v) is 6.48. The summed E-state index contributed by atoms with van der Waals surface area (Å²) in [6.07, 6.45) is 2.42. The van der Waals surface area contributed by atoms with E-state index in [0.29, 0.717) is 0 Å². The van der Waals surface area contributed by atoms with E-state index in [2.05, 4.69) is 60.5 Å². The van der Waals surface area contributed by atoms with Gasteiger partial charge in [0.05, 0.1) is 11.4 Å². The summed E-state index contributed by atoms with van der Waals surface area (Å²) in [7, 11) is 2.18. The van der Waals surface area contributed by atoms with E-state index < -0.39 is 0 Å². The number of pyridine rings is 1. The normalized spacial score (nSPS) is 11.5. The molecule has 0 atom stereocenters. The van der Waals surface area contributed by atoms with Crippen LogP contribution in [0.5, 0.6) is 0 Å². The summed E-state index contributed by atoms with van der Waals surface area (Å²) in [6.45, 7) is 6.34. The van der Waals surface area contributed by atoms with Crippen LogP contribution in [0.1, 0.15) is 31.2 Å². The highest BCUT2D eigenvalue weighted by atomic mass is 15.1. The number of imidazole rings is 1. The molecule has 4 heteroatoms. The number of unbranched alkanes of at least 4 members (excludes halogenated alkanes) is 1.